The fourth-order valence-electron chi connectivity index (χ4n) is 3.64. The molecule has 0 atom stereocenters. The van der Waals surface area contributed by atoms with E-state index in [0.717, 1.165) is 11.5 Å². The van der Waals surface area contributed by atoms with Gasteiger partial charge in [-0.05, 0) is 49.1 Å². The number of H-pyrrole nitrogens is 1. The normalized spacial score (nSPS) is 11.4. The molecule has 30 heavy (non-hydrogen) atoms. The Morgan fingerprint density at radius 1 is 1.10 bits per heavy atom. The Hall–Kier alpha value is -3.48. The number of hydrogen-bond donors (Lipinski definition) is 2. The Kier molecular flexibility index (Phi) is 4.89. The van der Waals surface area contributed by atoms with Crippen LogP contribution in [0.1, 0.15) is 24.2 Å². The van der Waals surface area contributed by atoms with Crippen LogP contribution in [0.5, 0.6) is 5.75 Å². The number of benzene rings is 3. The van der Waals surface area contributed by atoms with Crippen molar-refractivity contribution in [3.05, 3.63) is 65.6 Å². The minimum absolute atomic E-state index is 0.0329. The molecular formula is C23H19F3N2O2. The summed E-state index contributed by atoms with van der Waals surface area (Å²) in [5, 5.41) is 4.43. The molecule has 154 valence electrons. The van der Waals surface area contributed by atoms with Gasteiger partial charge >= 0.3 is 0 Å². The Labute approximate surface area is 170 Å². The van der Waals surface area contributed by atoms with Crippen LogP contribution < -0.4 is 10.1 Å². The van der Waals surface area contributed by atoms with Crippen molar-refractivity contribution in [3.63, 3.8) is 0 Å². The lowest BCUT2D eigenvalue weighted by molar-refractivity contribution is 0.0944. The van der Waals surface area contributed by atoms with E-state index in [1.54, 1.807) is 24.3 Å². The van der Waals surface area contributed by atoms with Gasteiger partial charge < -0.3 is 15.0 Å². The molecule has 4 nitrogen and oxygen atoms in total. The molecule has 0 bridgehead atoms. The van der Waals surface area contributed by atoms with Crippen LogP contribution >= 0.6 is 0 Å². The van der Waals surface area contributed by atoms with Crippen LogP contribution in [0.25, 0.3) is 32.8 Å². The first-order chi connectivity index (χ1) is 14.3. The lowest BCUT2D eigenvalue weighted by atomic mass is 9.96. The van der Waals surface area contributed by atoms with E-state index in [1.165, 1.54) is 13.3 Å². The van der Waals surface area contributed by atoms with Crippen molar-refractivity contribution in [2.75, 3.05) is 7.11 Å². The molecule has 0 saturated carbocycles. The number of nitrogens with one attached hydrogen (secondary N) is 2. The molecule has 4 aromatic rings. The van der Waals surface area contributed by atoms with Crippen LogP contribution in [-0.2, 0) is 0 Å². The molecule has 0 aliphatic rings. The predicted octanol–water partition coefficient (Wildman–Crippen LogP) is 5.55. The molecule has 1 aromatic heterocycles. The van der Waals surface area contributed by atoms with Crippen molar-refractivity contribution < 1.29 is 22.7 Å². The smallest absolute Gasteiger partial charge is 0.252 e. The number of amides is 1. The summed E-state index contributed by atoms with van der Waals surface area (Å²) < 4.78 is 47.1. The summed E-state index contributed by atoms with van der Waals surface area (Å²) in [6, 6.07) is 9.70. The van der Waals surface area contributed by atoms with Gasteiger partial charge in [0.1, 0.15) is 5.75 Å². The van der Waals surface area contributed by atoms with Crippen LogP contribution in [0, 0.1) is 17.5 Å². The van der Waals surface area contributed by atoms with Crippen molar-refractivity contribution in [1.82, 2.24) is 10.3 Å². The molecule has 4 rings (SSSR count). The molecule has 0 aliphatic carbocycles. The summed E-state index contributed by atoms with van der Waals surface area (Å²) >= 11 is 0. The number of methoxy groups -OCH3 is 1. The van der Waals surface area contributed by atoms with Crippen LogP contribution in [0.3, 0.4) is 0 Å². The molecule has 0 saturated heterocycles. The second-order valence-electron chi connectivity index (χ2n) is 7.32. The third kappa shape index (κ3) is 3.16. The minimum atomic E-state index is -1.52. The molecule has 1 amide bonds. The van der Waals surface area contributed by atoms with Gasteiger partial charge in [0, 0.05) is 28.6 Å². The number of halogens is 3. The van der Waals surface area contributed by atoms with E-state index in [4.69, 9.17) is 4.74 Å². The Morgan fingerprint density at radius 3 is 2.57 bits per heavy atom. The molecule has 0 radical (unpaired) electrons. The first-order valence-corrected chi connectivity index (χ1v) is 9.38. The van der Waals surface area contributed by atoms with Crippen molar-refractivity contribution in [2.45, 2.75) is 19.9 Å². The van der Waals surface area contributed by atoms with E-state index < -0.39 is 17.5 Å². The van der Waals surface area contributed by atoms with Crippen LogP contribution in [-0.4, -0.2) is 24.0 Å². The van der Waals surface area contributed by atoms with Gasteiger partial charge in [-0.3, -0.25) is 4.79 Å². The van der Waals surface area contributed by atoms with Crippen molar-refractivity contribution in [2.24, 2.45) is 0 Å². The molecule has 3 aromatic carbocycles. The van der Waals surface area contributed by atoms with E-state index in [-0.39, 0.29) is 22.9 Å². The van der Waals surface area contributed by atoms with E-state index in [0.29, 0.717) is 27.8 Å². The zero-order chi connectivity index (χ0) is 21.6. The first-order valence-electron chi connectivity index (χ1n) is 9.38. The number of hydrogen-bond acceptors (Lipinski definition) is 2. The number of carbonyl (C=O) groups excluding carboxylic acids is 1. The third-order valence-electron chi connectivity index (χ3n) is 4.95. The highest BCUT2D eigenvalue weighted by Gasteiger charge is 2.20. The van der Waals surface area contributed by atoms with E-state index in [9.17, 15) is 18.0 Å². The summed E-state index contributed by atoms with van der Waals surface area (Å²) in [5.74, 6) is -3.84. The van der Waals surface area contributed by atoms with Gasteiger partial charge in [-0.25, -0.2) is 13.2 Å². The lowest BCUT2D eigenvalue weighted by Crippen LogP contribution is -2.30. The number of aromatic nitrogens is 1. The topological polar surface area (TPSA) is 54.1 Å². The fourth-order valence-corrected chi connectivity index (χ4v) is 3.64. The second kappa shape index (κ2) is 7.40. The van der Waals surface area contributed by atoms with Gasteiger partial charge in [0.25, 0.3) is 5.91 Å². The maximum Gasteiger partial charge on any atom is 0.252 e. The number of ether oxygens (including phenoxy) is 1. The lowest BCUT2D eigenvalue weighted by Gasteiger charge is -2.14. The minimum Gasteiger partial charge on any atom is -0.496 e. The summed E-state index contributed by atoms with van der Waals surface area (Å²) in [7, 11) is 1.49. The average Bonchev–Trinajstić information content (AvgIpc) is 3.14. The van der Waals surface area contributed by atoms with Crippen LogP contribution in [0.2, 0.25) is 0 Å². The summed E-state index contributed by atoms with van der Waals surface area (Å²) in [4.78, 5) is 15.3. The van der Waals surface area contributed by atoms with E-state index in [1.807, 2.05) is 19.9 Å². The van der Waals surface area contributed by atoms with Crippen LogP contribution in [0.15, 0.2) is 42.6 Å². The van der Waals surface area contributed by atoms with Crippen molar-refractivity contribution in [3.8, 4) is 16.9 Å². The molecule has 0 unspecified atom stereocenters. The first kappa shape index (κ1) is 19.8. The number of rotatable bonds is 4. The molecule has 0 spiro atoms. The quantitative estimate of drug-likeness (QED) is 0.432. The highest BCUT2D eigenvalue weighted by molar-refractivity contribution is 6.11. The SMILES string of the molecule is COc1cc(-c2c[nH]c3c(F)c(F)c(F)cc23)cc2cccc(C(=O)NC(C)C)c12. The average molecular weight is 412 g/mol. The molecule has 7 heteroatoms. The van der Waals surface area contributed by atoms with Gasteiger partial charge in [-0.1, -0.05) is 12.1 Å². The monoisotopic (exact) mass is 412 g/mol. The number of fused-ring (bicyclic) bond motifs is 2. The molecular weight excluding hydrogens is 393 g/mol. The molecule has 0 aliphatic heterocycles. The Morgan fingerprint density at radius 2 is 1.87 bits per heavy atom. The third-order valence-corrected chi connectivity index (χ3v) is 4.95. The van der Waals surface area contributed by atoms with Gasteiger partial charge in [-0.15, -0.1) is 0 Å². The molecule has 0 fully saturated rings. The predicted molar refractivity (Wildman–Crippen MR) is 110 cm³/mol. The number of aromatic amines is 1. The summed E-state index contributed by atoms with van der Waals surface area (Å²) in [6.07, 6.45) is 1.49. The second-order valence-corrected chi connectivity index (χ2v) is 7.32. The molecule has 1 heterocycles. The van der Waals surface area contributed by atoms with Gasteiger partial charge in [0.2, 0.25) is 0 Å². The maximum absolute atomic E-state index is 14.1. The number of carbonyl (C=O) groups is 1. The summed E-state index contributed by atoms with van der Waals surface area (Å²) in [5.41, 5.74) is 1.44. The van der Waals surface area contributed by atoms with Crippen molar-refractivity contribution >= 4 is 27.6 Å². The maximum atomic E-state index is 14.1. The van der Waals surface area contributed by atoms with Crippen LogP contribution in [0.4, 0.5) is 13.2 Å². The highest BCUT2D eigenvalue weighted by Crippen LogP contribution is 2.38. The largest absolute Gasteiger partial charge is 0.496 e. The zero-order valence-corrected chi connectivity index (χ0v) is 16.6. The van der Waals surface area contributed by atoms with Gasteiger partial charge in [0.15, 0.2) is 17.5 Å². The standard InChI is InChI=1S/C23H19F3N2O2/c1-11(2)28-23(29)14-6-4-5-12-7-13(8-18(30-3)19(12)14)16-10-27-22-15(16)9-17(24)20(25)21(22)26/h4-11,27H,1-3H3,(H,28,29). The van der Waals surface area contributed by atoms with Gasteiger partial charge in [0.05, 0.1) is 18.2 Å². The van der Waals surface area contributed by atoms with E-state index in [2.05, 4.69) is 10.3 Å². The zero-order valence-electron chi connectivity index (χ0n) is 16.6. The van der Waals surface area contributed by atoms with E-state index >= 15 is 0 Å². The fraction of sp³-hybridized carbons (Fsp3) is 0.174. The molecule has 2 N–H and O–H groups in total. The van der Waals surface area contributed by atoms with Crippen molar-refractivity contribution in [1.29, 1.82) is 0 Å². The Balaban J connectivity index is 1.95. The summed E-state index contributed by atoms with van der Waals surface area (Å²) in [6.45, 7) is 3.74. The van der Waals surface area contributed by atoms with Gasteiger partial charge in [-0.2, -0.15) is 0 Å². The Bertz CT molecular complexity index is 1300. The highest BCUT2D eigenvalue weighted by atomic mass is 19.2.